The van der Waals surface area contributed by atoms with Gasteiger partial charge in [0, 0.05) is 30.8 Å². The molecule has 122 valence electrons. The minimum Gasteiger partial charge on any atom is -0.481 e. The van der Waals surface area contributed by atoms with Gasteiger partial charge in [0.2, 0.25) is 5.91 Å². The molecular weight excluding hydrogens is 296 g/mol. The first-order valence-electron chi connectivity index (χ1n) is 7.89. The zero-order valence-corrected chi connectivity index (χ0v) is 13.0. The molecule has 2 amide bonds. The smallest absolute Gasteiger partial charge is 0.305 e. The highest BCUT2D eigenvalue weighted by atomic mass is 16.4. The fourth-order valence-electron chi connectivity index (χ4n) is 3.14. The predicted octanol–water partition coefficient (Wildman–Crippen LogP) is 1.58. The summed E-state index contributed by atoms with van der Waals surface area (Å²) in [6, 6.07) is 4.99. The van der Waals surface area contributed by atoms with Gasteiger partial charge in [-0.3, -0.25) is 14.4 Å². The van der Waals surface area contributed by atoms with Gasteiger partial charge < -0.3 is 15.3 Å². The molecule has 0 bridgehead atoms. The van der Waals surface area contributed by atoms with E-state index in [-0.39, 0.29) is 30.2 Å². The largest absolute Gasteiger partial charge is 0.481 e. The summed E-state index contributed by atoms with van der Waals surface area (Å²) in [6.45, 7) is 2.17. The molecule has 0 aromatic heterocycles. The fourth-order valence-corrected chi connectivity index (χ4v) is 3.14. The number of aliphatic carboxylic acids is 1. The maximum absolute atomic E-state index is 12.4. The number of anilines is 1. The van der Waals surface area contributed by atoms with E-state index >= 15 is 0 Å². The van der Waals surface area contributed by atoms with E-state index < -0.39 is 5.97 Å². The maximum Gasteiger partial charge on any atom is 0.305 e. The molecule has 1 aliphatic heterocycles. The van der Waals surface area contributed by atoms with Crippen molar-refractivity contribution in [2.24, 2.45) is 5.92 Å². The van der Waals surface area contributed by atoms with E-state index in [1.165, 1.54) is 6.92 Å². The van der Waals surface area contributed by atoms with Crippen LogP contribution >= 0.6 is 0 Å². The number of rotatable bonds is 5. The molecule has 2 N–H and O–H groups in total. The first-order chi connectivity index (χ1) is 11.0. The molecule has 1 aromatic carbocycles. The van der Waals surface area contributed by atoms with Gasteiger partial charge in [-0.2, -0.15) is 0 Å². The van der Waals surface area contributed by atoms with Crippen LogP contribution in [0.15, 0.2) is 18.2 Å². The summed E-state index contributed by atoms with van der Waals surface area (Å²) >= 11 is 0. The quantitative estimate of drug-likeness (QED) is 0.863. The van der Waals surface area contributed by atoms with Crippen molar-refractivity contribution in [3.8, 4) is 0 Å². The normalized spacial score (nSPS) is 17.5. The third-order valence-corrected chi connectivity index (χ3v) is 4.52. The Labute approximate surface area is 134 Å². The van der Waals surface area contributed by atoms with Crippen LogP contribution in [0.3, 0.4) is 0 Å². The van der Waals surface area contributed by atoms with Gasteiger partial charge in [0.25, 0.3) is 5.91 Å². The van der Waals surface area contributed by atoms with Crippen LogP contribution in [0.5, 0.6) is 0 Å². The van der Waals surface area contributed by atoms with E-state index in [1.807, 2.05) is 0 Å². The van der Waals surface area contributed by atoms with Crippen molar-refractivity contribution in [2.45, 2.75) is 38.6 Å². The Balaban J connectivity index is 1.73. The number of carbonyl (C=O) groups is 3. The molecule has 1 atom stereocenters. The summed E-state index contributed by atoms with van der Waals surface area (Å²) in [6.07, 6.45) is 2.63. The van der Waals surface area contributed by atoms with Gasteiger partial charge in [-0.1, -0.05) is 0 Å². The number of hydrogen-bond acceptors (Lipinski definition) is 3. The van der Waals surface area contributed by atoms with Gasteiger partial charge in [0.15, 0.2) is 0 Å². The van der Waals surface area contributed by atoms with Crippen LogP contribution in [0.1, 0.15) is 42.1 Å². The molecule has 1 aromatic rings. The molecule has 1 heterocycles. The van der Waals surface area contributed by atoms with Gasteiger partial charge in [-0.15, -0.1) is 0 Å². The van der Waals surface area contributed by atoms with Crippen LogP contribution < -0.4 is 10.2 Å². The first kappa shape index (κ1) is 15.5. The zero-order valence-electron chi connectivity index (χ0n) is 13.0. The van der Waals surface area contributed by atoms with Crippen molar-refractivity contribution in [1.82, 2.24) is 5.32 Å². The molecule has 2 aliphatic rings. The van der Waals surface area contributed by atoms with Gasteiger partial charge >= 0.3 is 5.97 Å². The average Bonchev–Trinajstić information content (AvgIpc) is 3.24. The topological polar surface area (TPSA) is 86.7 Å². The minimum atomic E-state index is -0.895. The maximum atomic E-state index is 12.4. The van der Waals surface area contributed by atoms with E-state index in [0.717, 1.165) is 30.5 Å². The Hall–Kier alpha value is -2.37. The van der Waals surface area contributed by atoms with Crippen molar-refractivity contribution in [3.05, 3.63) is 29.3 Å². The number of carboxylic acids is 1. The number of benzene rings is 1. The second-order valence-electron chi connectivity index (χ2n) is 6.28. The van der Waals surface area contributed by atoms with Gasteiger partial charge in [0.05, 0.1) is 6.42 Å². The van der Waals surface area contributed by atoms with Crippen molar-refractivity contribution < 1.29 is 19.5 Å². The third-order valence-electron chi connectivity index (χ3n) is 4.52. The van der Waals surface area contributed by atoms with Gasteiger partial charge in [-0.05, 0) is 48.9 Å². The third kappa shape index (κ3) is 3.36. The molecule has 1 aliphatic carbocycles. The Kier molecular flexibility index (Phi) is 4.07. The number of nitrogens with one attached hydrogen (secondary N) is 1. The monoisotopic (exact) mass is 316 g/mol. The SMILES string of the molecule is CC(=O)N1CCc2cc(C(=O)NC(CC(=O)O)C3CC3)ccc21. The minimum absolute atomic E-state index is 0.00351. The molecule has 3 rings (SSSR count). The number of carbonyl (C=O) groups excluding carboxylic acids is 2. The summed E-state index contributed by atoms with van der Waals surface area (Å²) in [5.74, 6) is -0.866. The Morgan fingerprint density at radius 1 is 1.35 bits per heavy atom. The molecule has 6 heteroatoms. The summed E-state index contributed by atoms with van der Waals surface area (Å²) in [5.41, 5.74) is 2.36. The zero-order chi connectivity index (χ0) is 16.6. The number of fused-ring (bicyclic) bond motifs is 1. The molecule has 0 radical (unpaired) electrons. The second-order valence-corrected chi connectivity index (χ2v) is 6.28. The summed E-state index contributed by atoms with van der Waals surface area (Å²) in [4.78, 5) is 36.6. The lowest BCUT2D eigenvalue weighted by molar-refractivity contribution is -0.137. The number of carboxylic acid groups (broad SMARTS) is 1. The van der Waals surface area contributed by atoms with Crippen LogP contribution in [0, 0.1) is 5.92 Å². The first-order valence-corrected chi connectivity index (χ1v) is 7.89. The summed E-state index contributed by atoms with van der Waals surface area (Å²) < 4.78 is 0. The van der Waals surface area contributed by atoms with Crippen molar-refractivity contribution in [1.29, 1.82) is 0 Å². The standard InChI is InChI=1S/C17H20N2O4/c1-10(20)19-7-6-12-8-13(4-5-15(12)19)17(23)18-14(9-16(21)22)11-2-3-11/h4-5,8,11,14H,2-3,6-7,9H2,1H3,(H,18,23)(H,21,22). The van der Waals surface area contributed by atoms with E-state index in [1.54, 1.807) is 23.1 Å². The molecule has 1 unspecified atom stereocenters. The van der Waals surface area contributed by atoms with Crippen molar-refractivity contribution >= 4 is 23.5 Å². The van der Waals surface area contributed by atoms with Crippen molar-refractivity contribution in [3.63, 3.8) is 0 Å². The van der Waals surface area contributed by atoms with E-state index in [0.29, 0.717) is 12.1 Å². The van der Waals surface area contributed by atoms with Crippen LogP contribution in [0.2, 0.25) is 0 Å². The molecule has 6 nitrogen and oxygen atoms in total. The fraction of sp³-hybridized carbons (Fsp3) is 0.471. The highest BCUT2D eigenvalue weighted by molar-refractivity contribution is 5.98. The van der Waals surface area contributed by atoms with Gasteiger partial charge in [-0.25, -0.2) is 0 Å². The molecule has 23 heavy (non-hydrogen) atoms. The average molecular weight is 316 g/mol. The molecule has 0 spiro atoms. The molecular formula is C17H20N2O4. The second kappa shape index (κ2) is 6.02. The van der Waals surface area contributed by atoms with E-state index in [2.05, 4.69) is 5.32 Å². The van der Waals surface area contributed by atoms with E-state index in [4.69, 9.17) is 5.11 Å². The Morgan fingerprint density at radius 3 is 2.70 bits per heavy atom. The Bertz CT molecular complexity index is 667. The summed E-state index contributed by atoms with van der Waals surface area (Å²) in [5, 5.41) is 11.8. The Morgan fingerprint density at radius 2 is 2.09 bits per heavy atom. The number of hydrogen-bond donors (Lipinski definition) is 2. The lowest BCUT2D eigenvalue weighted by atomic mass is 10.1. The highest BCUT2D eigenvalue weighted by Gasteiger charge is 2.34. The molecule has 1 saturated carbocycles. The lowest BCUT2D eigenvalue weighted by Crippen LogP contribution is -2.38. The number of amides is 2. The van der Waals surface area contributed by atoms with Crippen LogP contribution in [0.25, 0.3) is 0 Å². The molecule has 0 saturated heterocycles. The summed E-state index contributed by atoms with van der Waals surface area (Å²) in [7, 11) is 0. The highest BCUT2D eigenvalue weighted by Crippen LogP contribution is 2.34. The van der Waals surface area contributed by atoms with Crippen molar-refractivity contribution in [2.75, 3.05) is 11.4 Å². The number of nitrogens with zero attached hydrogens (tertiary/aromatic N) is 1. The van der Waals surface area contributed by atoms with Crippen LogP contribution in [-0.2, 0) is 16.0 Å². The van der Waals surface area contributed by atoms with E-state index in [9.17, 15) is 14.4 Å². The van der Waals surface area contributed by atoms with Crippen LogP contribution in [0.4, 0.5) is 5.69 Å². The predicted molar refractivity (Wildman–Crippen MR) is 84.4 cm³/mol. The lowest BCUT2D eigenvalue weighted by Gasteiger charge is -2.17. The molecule has 1 fully saturated rings. The van der Waals surface area contributed by atoms with Gasteiger partial charge in [0.1, 0.15) is 0 Å². The van der Waals surface area contributed by atoms with Crippen LogP contribution in [-0.4, -0.2) is 35.5 Å².